The van der Waals surface area contributed by atoms with Crippen LogP contribution in [0.1, 0.15) is 12.0 Å². The lowest BCUT2D eigenvalue weighted by atomic mass is 9.43. The van der Waals surface area contributed by atoms with Crippen LogP contribution in [0, 0.1) is 17.0 Å². The van der Waals surface area contributed by atoms with E-state index in [1.54, 1.807) is 6.07 Å². The molecule has 2 N–H and O–H groups in total. The molecule has 1 aliphatic heterocycles. The Morgan fingerprint density at radius 3 is 2.81 bits per heavy atom. The maximum atomic E-state index is 13.3. The highest BCUT2D eigenvalue weighted by atomic mass is 19.1. The maximum absolute atomic E-state index is 13.3. The van der Waals surface area contributed by atoms with E-state index in [0.717, 1.165) is 30.2 Å². The van der Waals surface area contributed by atoms with Gasteiger partial charge in [-0.15, -0.1) is 0 Å². The zero-order chi connectivity index (χ0) is 11.5. The highest BCUT2D eigenvalue weighted by molar-refractivity contribution is 6.67. The molecule has 1 aromatic carbocycles. The molecule has 0 radical (unpaired) electrons. The second-order valence-electron chi connectivity index (χ2n) is 4.07. The molecule has 4 heteroatoms. The number of nitrogen functional groups attached to an aromatic ring is 1. The molecule has 1 aromatic rings. The van der Waals surface area contributed by atoms with Crippen LogP contribution >= 0.6 is 0 Å². The summed E-state index contributed by atoms with van der Waals surface area (Å²) in [6.45, 7) is 0.113. The van der Waals surface area contributed by atoms with E-state index in [0.29, 0.717) is 0 Å². The number of anilines is 1. The number of rotatable bonds is 1. The lowest BCUT2D eigenvalue weighted by Gasteiger charge is -2.15. The second-order valence-corrected chi connectivity index (χ2v) is 4.07. The van der Waals surface area contributed by atoms with Crippen LogP contribution < -0.4 is 5.73 Å². The predicted molar refractivity (Wildman–Crippen MR) is 64.4 cm³/mol. The minimum absolute atomic E-state index is 0.113. The molecule has 2 rings (SSSR count). The first-order chi connectivity index (χ1) is 7.70. The largest absolute Gasteiger partial charge is 0.396 e. The van der Waals surface area contributed by atoms with Gasteiger partial charge in [-0.2, -0.15) is 0 Å². The Morgan fingerprint density at radius 2 is 2.25 bits per heavy atom. The lowest BCUT2D eigenvalue weighted by molar-refractivity contribution is 0.632. The summed E-state index contributed by atoms with van der Waals surface area (Å²) < 4.78 is 13.3. The molecule has 1 aliphatic rings. The topological polar surface area (TPSA) is 49.8 Å². The smallest absolute Gasteiger partial charge is 0.271 e. The number of hydrogen-bond donors (Lipinski definition) is 1. The number of nitriles is 1. The van der Waals surface area contributed by atoms with Gasteiger partial charge in [-0.3, -0.25) is 0 Å². The summed E-state index contributed by atoms with van der Waals surface area (Å²) in [7, 11) is 0. The summed E-state index contributed by atoms with van der Waals surface area (Å²) in [4.78, 5) is 0. The van der Waals surface area contributed by atoms with E-state index in [2.05, 4.69) is 5.97 Å². The molecule has 0 bridgehead atoms. The fourth-order valence-electron chi connectivity index (χ4n) is 1.94. The Labute approximate surface area is 94.6 Å². The minimum atomic E-state index is -0.374. The number of nitrogens with zero attached hydrogens (tertiary/aromatic N) is 1. The first-order valence-corrected chi connectivity index (χ1v) is 5.34. The highest BCUT2D eigenvalue weighted by Gasteiger charge is 2.18. The first-order valence-electron chi connectivity index (χ1n) is 5.34. The van der Waals surface area contributed by atoms with Crippen molar-refractivity contribution in [3.8, 4) is 5.97 Å². The average Bonchev–Trinajstić information content (AvgIpc) is 2.33. The van der Waals surface area contributed by atoms with Crippen molar-refractivity contribution in [1.29, 1.82) is 5.26 Å². The number of benzene rings is 1. The Balaban J connectivity index is 2.23. The van der Waals surface area contributed by atoms with Crippen LogP contribution in [0.2, 0.25) is 12.6 Å². The molecule has 0 fully saturated rings. The van der Waals surface area contributed by atoms with Crippen LogP contribution in [0.15, 0.2) is 24.3 Å². The molecule has 80 valence electrons. The van der Waals surface area contributed by atoms with E-state index in [4.69, 9.17) is 11.0 Å². The molecule has 0 saturated heterocycles. The average molecular weight is 214 g/mol. The number of hydrogen-bond acceptors (Lipinski definition) is 2. The quantitative estimate of drug-likeness (QED) is 0.577. The van der Waals surface area contributed by atoms with E-state index < -0.39 is 0 Å². The fourth-order valence-corrected chi connectivity index (χ4v) is 1.94. The van der Waals surface area contributed by atoms with Crippen molar-refractivity contribution in [2.75, 3.05) is 5.73 Å². The molecular weight excluding hydrogens is 202 g/mol. The summed E-state index contributed by atoms with van der Waals surface area (Å²) in [5, 5.41) is 8.77. The van der Waals surface area contributed by atoms with Gasteiger partial charge in [0.1, 0.15) is 5.82 Å². The van der Waals surface area contributed by atoms with Crippen LogP contribution in [0.4, 0.5) is 10.1 Å². The van der Waals surface area contributed by atoms with Gasteiger partial charge < -0.3 is 5.73 Å². The van der Waals surface area contributed by atoms with Gasteiger partial charge in [0.2, 0.25) is 0 Å². The predicted octanol–water partition coefficient (Wildman–Crippen LogP) is 2.75. The number of nitrogens with two attached hydrogens (primary N) is 1. The zero-order valence-corrected chi connectivity index (χ0v) is 8.91. The highest BCUT2D eigenvalue weighted by Crippen LogP contribution is 2.28. The van der Waals surface area contributed by atoms with Crippen LogP contribution in [0.3, 0.4) is 0 Å². The van der Waals surface area contributed by atoms with E-state index in [1.807, 2.05) is 12.1 Å². The molecule has 0 saturated carbocycles. The Kier molecular flexibility index (Phi) is 2.96. The molecule has 16 heavy (non-hydrogen) atoms. The maximum Gasteiger partial charge on any atom is 0.271 e. The molecule has 0 unspecified atom stereocenters. The Bertz CT molecular complexity index is 476. The molecular formula is C12H12BFN2. The van der Waals surface area contributed by atoms with Crippen LogP contribution in [-0.4, -0.2) is 6.71 Å². The molecule has 2 nitrogen and oxygen atoms in total. The van der Waals surface area contributed by atoms with Gasteiger partial charge in [-0.1, -0.05) is 18.5 Å². The summed E-state index contributed by atoms with van der Waals surface area (Å²) in [6, 6.07) is 4.88. The third-order valence-electron chi connectivity index (χ3n) is 2.96. The van der Waals surface area contributed by atoms with Crippen molar-refractivity contribution < 1.29 is 4.39 Å². The summed E-state index contributed by atoms with van der Waals surface area (Å²) in [6.07, 6.45) is 4.48. The van der Waals surface area contributed by atoms with Gasteiger partial charge in [-0.25, -0.2) is 9.65 Å². The van der Waals surface area contributed by atoms with Gasteiger partial charge in [0, 0.05) is 5.97 Å². The van der Waals surface area contributed by atoms with Crippen molar-refractivity contribution in [3.63, 3.8) is 0 Å². The Morgan fingerprint density at radius 1 is 1.44 bits per heavy atom. The van der Waals surface area contributed by atoms with Gasteiger partial charge in [0.05, 0.1) is 5.69 Å². The lowest BCUT2D eigenvalue weighted by Crippen LogP contribution is -2.12. The van der Waals surface area contributed by atoms with E-state index in [9.17, 15) is 4.39 Å². The molecule has 0 aliphatic carbocycles. The summed E-state index contributed by atoms with van der Waals surface area (Å²) in [5.41, 5.74) is 7.59. The van der Waals surface area contributed by atoms with Crippen molar-refractivity contribution in [2.45, 2.75) is 19.1 Å². The normalized spacial score (nSPS) is 15.5. The fraction of sp³-hybridized carbons (Fsp3) is 0.250. The van der Waals surface area contributed by atoms with Crippen molar-refractivity contribution in [3.05, 3.63) is 35.7 Å². The van der Waals surface area contributed by atoms with E-state index >= 15 is 0 Å². The monoisotopic (exact) mass is 214 g/mol. The Hall–Kier alpha value is -1.76. The van der Waals surface area contributed by atoms with Crippen molar-refractivity contribution in [1.82, 2.24) is 0 Å². The minimum Gasteiger partial charge on any atom is -0.396 e. The second kappa shape index (κ2) is 4.40. The summed E-state index contributed by atoms with van der Waals surface area (Å²) in [5.74, 6) is 1.88. The standard InChI is InChI=1S/C12H12BFN2/c14-11-7-10(1-2-12(11)16)9-3-5-13(8-15)6-4-9/h1-3,7H,4-6,16H2. The third-order valence-corrected chi connectivity index (χ3v) is 2.96. The molecule has 0 spiro atoms. The molecule has 0 aromatic heterocycles. The van der Waals surface area contributed by atoms with Crippen LogP contribution in [0.25, 0.3) is 5.57 Å². The summed E-state index contributed by atoms with van der Waals surface area (Å²) >= 11 is 0. The SMILES string of the molecule is N#CB1CC=C(c2ccc(N)c(F)c2)CC1. The van der Waals surface area contributed by atoms with Crippen molar-refractivity contribution in [2.24, 2.45) is 0 Å². The van der Waals surface area contributed by atoms with Gasteiger partial charge in [0.15, 0.2) is 0 Å². The molecule has 0 amide bonds. The van der Waals surface area contributed by atoms with E-state index in [1.165, 1.54) is 6.07 Å². The van der Waals surface area contributed by atoms with Gasteiger partial charge >= 0.3 is 0 Å². The number of allylic oxidation sites excluding steroid dienone is 2. The first kappa shape index (κ1) is 10.8. The number of halogens is 1. The van der Waals surface area contributed by atoms with Gasteiger partial charge in [0.25, 0.3) is 6.71 Å². The van der Waals surface area contributed by atoms with E-state index in [-0.39, 0.29) is 18.2 Å². The van der Waals surface area contributed by atoms with Crippen LogP contribution in [0.5, 0.6) is 0 Å². The zero-order valence-electron chi connectivity index (χ0n) is 8.91. The van der Waals surface area contributed by atoms with Gasteiger partial charge in [-0.05, 0) is 36.0 Å². The van der Waals surface area contributed by atoms with Crippen LogP contribution in [-0.2, 0) is 0 Å². The molecule has 1 heterocycles. The molecule has 0 atom stereocenters. The van der Waals surface area contributed by atoms with Crippen molar-refractivity contribution >= 4 is 18.0 Å². The third kappa shape index (κ3) is 2.09.